The van der Waals surface area contributed by atoms with Crippen LogP contribution in [0.25, 0.3) is 0 Å². The first kappa shape index (κ1) is 14.5. The summed E-state index contributed by atoms with van der Waals surface area (Å²) in [5, 5.41) is 11.0. The second-order valence-corrected chi connectivity index (χ2v) is 4.86. The monoisotopic (exact) mass is 358 g/mol. The van der Waals surface area contributed by atoms with Crippen molar-refractivity contribution in [1.82, 2.24) is 4.98 Å². The Balaban J connectivity index is 2.39. The molecule has 8 heteroatoms. The van der Waals surface area contributed by atoms with Crippen molar-refractivity contribution in [2.45, 2.75) is 0 Å². The molecule has 20 heavy (non-hydrogen) atoms. The highest BCUT2D eigenvalue weighted by Crippen LogP contribution is 2.36. The average molecular weight is 360 g/mol. The fraction of sp³-hybridized carbons (Fsp3) is 0.0833. The summed E-state index contributed by atoms with van der Waals surface area (Å²) >= 11 is 9.02. The van der Waals surface area contributed by atoms with Gasteiger partial charge in [-0.25, -0.2) is 0 Å². The zero-order chi connectivity index (χ0) is 14.7. The standard InChI is InChI=1S/C12H8BrClN2O4/c1-19-7-2-4-10(8(13)6-7)20-12-9(16(17)18)3-5-11(14)15-12/h2-6H,1H3. The first-order chi connectivity index (χ1) is 9.51. The van der Waals surface area contributed by atoms with Crippen LogP contribution in [0.2, 0.25) is 5.15 Å². The van der Waals surface area contributed by atoms with Crippen molar-refractivity contribution >= 4 is 33.2 Å². The van der Waals surface area contributed by atoms with E-state index in [0.717, 1.165) is 0 Å². The van der Waals surface area contributed by atoms with Crippen LogP contribution >= 0.6 is 27.5 Å². The normalized spacial score (nSPS) is 10.2. The highest BCUT2D eigenvalue weighted by Gasteiger charge is 2.19. The van der Waals surface area contributed by atoms with E-state index in [4.69, 9.17) is 21.1 Å². The van der Waals surface area contributed by atoms with Crippen molar-refractivity contribution in [2.75, 3.05) is 7.11 Å². The molecule has 0 aliphatic rings. The third-order valence-electron chi connectivity index (χ3n) is 2.35. The molecule has 1 aromatic carbocycles. The van der Waals surface area contributed by atoms with Gasteiger partial charge in [0.2, 0.25) is 0 Å². The van der Waals surface area contributed by atoms with Crippen LogP contribution in [-0.2, 0) is 0 Å². The molecule has 6 nitrogen and oxygen atoms in total. The number of nitro groups is 1. The van der Waals surface area contributed by atoms with Crippen LogP contribution < -0.4 is 9.47 Å². The van der Waals surface area contributed by atoms with Crippen molar-refractivity contribution in [3.8, 4) is 17.4 Å². The van der Waals surface area contributed by atoms with Crippen LogP contribution in [0, 0.1) is 10.1 Å². The molecule has 104 valence electrons. The molecular formula is C12H8BrClN2O4. The summed E-state index contributed by atoms with van der Waals surface area (Å²) in [5.74, 6) is 0.815. The zero-order valence-electron chi connectivity index (χ0n) is 10.2. The maximum atomic E-state index is 10.9. The number of pyridine rings is 1. The Morgan fingerprint density at radius 3 is 2.70 bits per heavy atom. The summed E-state index contributed by atoms with van der Waals surface area (Å²) in [6.45, 7) is 0. The molecule has 1 aromatic heterocycles. The van der Waals surface area contributed by atoms with E-state index in [-0.39, 0.29) is 16.7 Å². The predicted octanol–water partition coefficient (Wildman–Crippen LogP) is 4.21. The van der Waals surface area contributed by atoms with E-state index >= 15 is 0 Å². The molecule has 0 aliphatic carbocycles. The van der Waals surface area contributed by atoms with E-state index in [1.807, 2.05) is 0 Å². The molecule has 2 rings (SSSR count). The number of methoxy groups -OCH3 is 1. The quantitative estimate of drug-likeness (QED) is 0.464. The number of aromatic nitrogens is 1. The second kappa shape index (κ2) is 6.06. The van der Waals surface area contributed by atoms with Gasteiger partial charge in [-0.2, -0.15) is 4.98 Å². The van der Waals surface area contributed by atoms with E-state index in [0.29, 0.717) is 16.0 Å². The molecule has 0 spiro atoms. The molecule has 0 saturated heterocycles. The Hall–Kier alpha value is -1.86. The van der Waals surface area contributed by atoms with Gasteiger partial charge in [-0.1, -0.05) is 11.6 Å². The van der Waals surface area contributed by atoms with Crippen molar-refractivity contribution in [2.24, 2.45) is 0 Å². The highest BCUT2D eigenvalue weighted by atomic mass is 79.9. The summed E-state index contributed by atoms with van der Waals surface area (Å²) in [7, 11) is 1.53. The molecule has 0 amide bonds. The summed E-state index contributed by atoms with van der Waals surface area (Å²) in [6.07, 6.45) is 0. The fourth-order valence-electron chi connectivity index (χ4n) is 1.42. The average Bonchev–Trinajstić information content (AvgIpc) is 2.40. The number of benzene rings is 1. The van der Waals surface area contributed by atoms with Crippen molar-refractivity contribution < 1.29 is 14.4 Å². The molecule has 2 aromatic rings. The lowest BCUT2D eigenvalue weighted by molar-refractivity contribution is -0.386. The van der Waals surface area contributed by atoms with Crippen LogP contribution in [0.5, 0.6) is 17.4 Å². The van der Waals surface area contributed by atoms with E-state index < -0.39 is 4.92 Å². The van der Waals surface area contributed by atoms with Gasteiger partial charge in [0, 0.05) is 6.07 Å². The minimum atomic E-state index is -0.587. The molecule has 0 atom stereocenters. The molecule has 0 saturated carbocycles. The van der Waals surface area contributed by atoms with Crippen molar-refractivity contribution in [3.05, 3.63) is 50.1 Å². The Labute approximate surface area is 127 Å². The van der Waals surface area contributed by atoms with Crippen LogP contribution in [0.15, 0.2) is 34.8 Å². The lowest BCUT2D eigenvalue weighted by Gasteiger charge is -2.08. The molecule has 0 fully saturated rings. The van der Waals surface area contributed by atoms with Gasteiger partial charge in [0.15, 0.2) is 0 Å². The Kier molecular flexibility index (Phi) is 4.41. The van der Waals surface area contributed by atoms with Crippen molar-refractivity contribution in [1.29, 1.82) is 0 Å². The van der Waals surface area contributed by atoms with Gasteiger partial charge >= 0.3 is 11.6 Å². The fourth-order valence-corrected chi connectivity index (χ4v) is 2.00. The predicted molar refractivity (Wildman–Crippen MR) is 76.7 cm³/mol. The lowest BCUT2D eigenvalue weighted by Crippen LogP contribution is -1.96. The first-order valence-electron chi connectivity index (χ1n) is 5.33. The second-order valence-electron chi connectivity index (χ2n) is 3.61. The molecule has 0 unspecified atom stereocenters. The molecule has 0 radical (unpaired) electrons. The third-order valence-corrected chi connectivity index (χ3v) is 3.18. The smallest absolute Gasteiger partial charge is 0.331 e. The Morgan fingerprint density at radius 1 is 1.35 bits per heavy atom. The largest absolute Gasteiger partial charge is 0.497 e. The lowest BCUT2D eigenvalue weighted by atomic mass is 10.3. The molecule has 0 N–H and O–H groups in total. The maximum Gasteiger partial charge on any atom is 0.331 e. The SMILES string of the molecule is COc1ccc(Oc2nc(Cl)ccc2[N+](=O)[O-])c(Br)c1. The topological polar surface area (TPSA) is 74.5 Å². The molecule has 0 bridgehead atoms. The van der Waals surface area contributed by atoms with Crippen molar-refractivity contribution in [3.63, 3.8) is 0 Å². The van der Waals surface area contributed by atoms with Crippen LogP contribution in [-0.4, -0.2) is 17.0 Å². The third kappa shape index (κ3) is 3.17. The Morgan fingerprint density at radius 2 is 2.10 bits per heavy atom. The number of rotatable bonds is 4. The minimum absolute atomic E-state index is 0.107. The molecule has 0 aliphatic heterocycles. The minimum Gasteiger partial charge on any atom is -0.497 e. The summed E-state index contributed by atoms with van der Waals surface area (Å²) in [6, 6.07) is 7.51. The van der Waals surface area contributed by atoms with Gasteiger partial charge in [0.1, 0.15) is 16.7 Å². The van der Waals surface area contributed by atoms with Crippen LogP contribution in [0.1, 0.15) is 0 Å². The Bertz CT molecular complexity index is 666. The first-order valence-corrected chi connectivity index (χ1v) is 6.50. The van der Waals surface area contributed by atoms with Gasteiger partial charge in [-0.15, -0.1) is 0 Å². The van der Waals surface area contributed by atoms with Crippen LogP contribution in [0.3, 0.4) is 0 Å². The number of ether oxygens (including phenoxy) is 2. The number of hydrogen-bond donors (Lipinski definition) is 0. The van der Waals surface area contributed by atoms with E-state index in [9.17, 15) is 10.1 Å². The highest BCUT2D eigenvalue weighted by molar-refractivity contribution is 9.10. The number of nitrogens with zero attached hydrogens (tertiary/aromatic N) is 2. The van der Waals surface area contributed by atoms with E-state index in [2.05, 4.69) is 20.9 Å². The zero-order valence-corrected chi connectivity index (χ0v) is 12.5. The molecular weight excluding hydrogens is 351 g/mol. The van der Waals surface area contributed by atoms with Crippen LogP contribution in [0.4, 0.5) is 5.69 Å². The van der Waals surface area contributed by atoms with Gasteiger partial charge in [0.25, 0.3) is 0 Å². The number of halogens is 2. The maximum absolute atomic E-state index is 10.9. The van der Waals surface area contributed by atoms with Gasteiger partial charge in [-0.3, -0.25) is 10.1 Å². The van der Waals surface area contributed by atoms with Gasteiger partial charge in [-0.05, 0) is 40.2 Å². The summed E-state index contributed by atoms with van der Waals surface area (Å²) in [4.78, 5) is 14.2. The summed E-state index contributed by atoms with van der Waals surface area (Å²) < 4.78 is 11.1. The van der Waals surface area contributed by atoms with Gasteiger partial charge < -0.3 is 9.47 Å². The van der Waals surface area contributed by atoms with E-state index in [1.165, 1.54) is 19.2 Å². The van der Waals surface area contributed by atoms with E-state index in [1.54, 1.807) is 18.2 Å². The number of hydrogen-bond acceptors (Lipinski definition) is 5. The molecule has 1 heterocycles. The summed E-state index contributed by atoms with van der Waals surface area (Å²) in [5.41, 5.74) is -0.267. The van der Waals surface area contributed by atoms with Gasteiger partial charge in [0.05, 0.1) is 16.5 Å².